The summed E-state index contributed by atoms with van der Waals surface area (Å²) in [5.74, 6) is -0.243. The Morgan fingerprint density at radius 1 is 1.78 bits per heavy atom. The van der Waals surface area contributed by atoms with Crippen molar-refractivity contribution in [3.63, 3.8) is 0 Å². The zero-order chi connectivity index (χ0) is 7.11. The van der Waals surface area contributed by atoms with Crippen LogP contribution in [0.15, 0.2) is 4.99 Å². The second-order valence-electron chi connectivity index (χ2n) is 1.46. The lowest BCUT2D eigenvalue weighted by atomic mass is 10.5. The molecule has 0 unspecified atom stereocenters. The van der Waals surface area contributed by atoms with Gasteiger partial charge in [0.15, 0.2) is 0 Å². The highest BCUT2D eigenvalue weighted by atomic mass is 16.5. The van der Waals surface area contributed by atoms with Crippen molar-refractivity contribution in [1.29, 1.82) is 0 Å². The van der Waals surface area contributed by atoms with E-state index in [9.17, 15) is 4.79 Å². The van der Waals surface area contributed by atoms with E-state index in [4.69, 9.17) is 0 Å². The van der Waals surface area contributed by atoms with Gasteiger partial charge in [-0.1, -0.05) is 0 Å². The predicted molar refractivity (Wildman–Crippen MR) is 35.7 cm³/mol. The van der Waals surface area contributed by atoms with Crippen LogP contribution in [-0.4, -0.2) is 25.8 Å². The molecule has 3 heteroatoms. The Hall–Kier alpha value is -0.860. The van der Waals surface area contributed by atoms with Crippen molar-refractivity contribution in [1.82, 2.24) is 0 Å². The SMILES string of the molecule is CCN=CCC(=O)OC. The minimum atomic E-state index is -0.243. The van der Waals surface area contributed by atoms with Crippen molar-refractivity contribution in [2.24, 2.45) is 4.99 Å². The number of rotatable bonds is 3. The minimum absolute atomic E-state index is 0.243. The highest BCUT2D eigenvalue weighted by Crippen LogP contribution is 1.78. The summed E-state index contributed by atoms with van der Waals surface area (Å²) in [5.41, 5.74) is 0. The van der Waals surface area contributed by atoms with E-state index >= 15 is 0 Å². The highest BCUT2D eigenvalue weighted by Gasteiger charge is 1.92. The first kappa shape index (κ1) is 8.14. The second kappa shape index (κ2) is 5.28. The van der Waals surface area contributed by atoms with Crippen molar-refractivity contribution >= 4 is 12.2 Å². The first-order valence-corrected chi connectivity index (χ1v) is 2.86. The quantitative estimate of drug-likeness (QED) is 0.414. The smallest absolute Gasteiger partial charge is 0.310 e. The number of ether oxygens (including phenoxy) is 1. The average Bonchev–Trinajstić information content (AvgIpc) is 1.89. The van der Waals surface area contributed by atoms with Crippen LogP contribution in [0.2, 0.25) is 0 Å². The van der Waals surface area contributed by atoms with Crippen molar-refractivity contribution in [2.45, 2.75) is 13.3 Å². The van der Waals surface area contributed by atoms with E-state index in [1.54, 1.807) is 6.21 Å². The molecule has 3 nitrogen and oxygen atoms in total. The zero-order valence-corrected chi connectivity index (χ0v) is 5.76. The third kappa shape index (κ3) is 5.00. The maximum Gasteiger partial charge on any atom is 0.310 e. The van der Waals surface area contributed by atoms with Gasteiger partial charge in [-0.2, -0.15) is 0 Å². The largest absolute Gasteiger partial charge is 0.469 e. The molecule has 0 aromatic heterocycles. The highest BCUT2D eigenvalue weighted by molar-refractivity contribution is 5.85. The molecule has 52 valence electrons. The Morgan fingerprint density at radius 3 is 2.89 bits per heavy atom. The van der Waals surface area contributed by atoms with Crippen LogP contribution in [0.4, 0.5) is 0 Å². The van der Waals surface area contributed by atoms with Crippen LogP contribution in [0.3, 0.4) is 0 Å². The molecule has 0 saturated heterocycles. The Morgan fingerprint density at radius 2 is 2.44 bits per heavy atom. The minimum Gasteiger partial charge on any atom is -0.469 e. The van der Waals surface area contributed by atoms with Crippen molar-refractivity contribution in [3.05, 3.63) is 0 Å². The number of hydrogen-bond donors (Lipinski definition) is 0. The molecule has 0 aromatic rings. The van der Waals surface area contributed by atoms with Gasteiger partial charge in [0.2, 0.25) is 0 Å². The van der Waals surface area contributed by atoms with Crippen LogP contribution in [0.25, 0.3) is 0 Å². The van der Waals surface area contributed by atoms with Crippen LogP contribution in [0, 0.1) is 0 Å². The van der Waals surface area contributed by atoms with Gasteiger partial charge in [-0.25, -0.2) is 0 Å². The summed E-state index contributed by atoms with van der Waals surface area (Å²) >= 11 is 0. The first-order chi connectivity index (χ1) is 4.31. The standard InChI is InChI=1S/C6H11NO2/c1-3-7-5-4-6(8)9-2/h5H,3-4H2,1-2H3. The summed E-state index contributed by atoms with van der Waals surface area (Å²) in [6.45, 7) is 2.63. The molecule has 0 radical (unpaired) electrons. The van der Waals surface area contributed by atoms with Crippen molar-refractivity contribution < 1.29 is 9.53 Å². The summed E-state index contributed by atoms with van der Waals surface area (Å²) in [6, 6.07) is 0. The molecule has 0 atom stereocenters. The molecule has 0 rings (SSSR count). The molecular formula is C6H11NO2. The molecule has 0 saturated carbocycles. The summed E-state index contributed by atoms with van der Waals surface area (Å²) in [6.07, 6.45) is 1.84. The lowest BCUT2D eigenvalue weighted by Gasteiger charge is -1.89. The van der Waals surface area contributed by atoms with Gasteiger partial charge in [0.05, 0.1) is 13.5 Å². The maximum absolute atomic E-state index is 10.4. The van der Waals surface area contributed by atoms with Crippen LogP contribution in [-0.2, 0) is 9.53 Å². The van der Waals surface area contributed by atoms with Gasteiger partial charge in [-0.15, -0.1) is 0 Å². The first-order valence-electron chi connectivity index (χ1n) is 2.86. The van der Waals surface area contributed by atoms with Crippen molar-refractivity contribution in [3.8, 4) is 0 Å². The van der Waals surface area contributed by atoms with Crippen LogP contribution >= 0.6 is 0 Å². The van der Waals surface area contributed by atoms with Gasteiger partial charge >= 0.3 is 5.97 Å². The molecule has 0 aliphatic heterocycles. The Bertz CT molecular complexity index is 110. The fourth-order valence-corrected chi connectivity index (χ4v) is 0.352. The van der Waals surface area contributed by atoms with E-state index in [1.807, 2.05) is 6.92 Å². The van der Waals surface area contributed by atoms with Crippen LogP contribution < -0.4 is 0 Å². The molecule has 0 amide bonds. The fraction of sp³-hybridized carbons (Fsp3) is 0.667. The lowest BCUT2D eigenvalue weighted by molar-refractivity contribution is -0.139. The zero-order valence-electron chi connectivity index (χ0n) is 5.76. The van der Waals surface area contributed by atoms with Gasteiger partial charge in [0.1, 0.15) is 0 Å². The average molecular weight is 129 g/mol. The Kier molecular flexibility index (Phi) is 4.78. The molecule has 0 aromatic carbocycles. The van der Waals surface area contributed by atoms with Gasteiger partial charge in [0, 0.05) is 12.8 Å². The summed E-state index contributed by atoms with van der Waals surface area (Å²) in [7, 11) is 1.36. The van der Waals surface area contributed by atoms with E-state index < -0.39 is 0 Å². The van der Waals surface area contributed by atoms with Crippen LogP contribution in [0.1, 0.15) is 13.3 Å². The second-order valence-corrected chi connectivity index (χ2v) is 1.46. The third-order valence-corrected chi connectivity index (χ3v) is 0.797. The molecular weight excluding hydrogens is 118 g/mol. The number of aliphatic imine (C=N–C) groups is 1. The Labute approximate surface area is 54.7 Å². The number of esters is 1. The van der Waals surface area contributed by atoms with Gasteiger partial charge in [-0.05, 0) is 6.92 Å². The van der Waals surface area contributed by atoms with Gasteiger partial charge in [-0.3, -0.25) is 9.79 Å². The van der Waals surface area contributed by atoms with Gasteiger partial charge < -0.3 is 4.74 Å². The number of methoxy groups -OCH3 is 1. The number of carbonyl (C=O) groups excluding carboxylic acids is 1. The number of hydrogen-bond acceptors (Lipinski definition) is 3. The topological polar surface area (TPSA) is 38.7 Å². The molecule has 0 N–H and O–H groups in total. The fourth-order valence-electron chi connectivity index (χ4n) is 0.352. The third-order valence-electron chi connectivity index (χ3n) is 0.797. The maximum atomic E-state index is 10.4. The van der Waals surface area contributed by atoms with E-state index in [-0.39, 0.29) is 12.4 Å². The summed E-state index contributed by atoms with van der Waals surface area (Å²) in [5, 5.41) is 0. The number of carbonyl (C=O) groups is 1. The monoisotopic (exact) mass is 129 g/mol. The van der Waals surface area contributed by atoms with Gasteiger partial charge in [0.25, 0.3) is 0 Å². The predicted octanol–water partition coefficient (Wildman–Crippen LogP) is 0.640. The summed E-state index contributed by atoms with van der Waals surface area (Å²) in [4.78, 5) is 14.2. The molecule has 0 aliphatic carbocycles. The number of nitrogens with zero attached hydrogens (tertiary/aromatic N) is 1. The van der Waals surface area contributed by atoms with Crippen LogP contribution in [0.5, 0.6) is 0 Å². The molecule has 0 bridgehead atoms. The Balaban J connectivity index is 3.26. The van der Waals surface area contributed by atoms with E-state index in [0.29, 0.717) is 0 Å². The molecule has 9 heavy (non-hydrogen) atoms. The molecule has 0 aliphatic rings. The molecule has 0 fully saturated rings. The van der Waals surface area contributed by atoms with E-state index in [1.165, 1.54) is 7.11 Å². The normalized spacial score (nSPS) is 10.0. The summed E-state index contributed by atoms with van der Waals surface area (Å²) < 4.78 is 4.37. The van der Waals surface area contributed by atoms with Crippen molar-refractivity contribution in [2.75, 3.05) is 13.7 Å². The van der Waals surface area contributed by atoms with E-state index in [0.717, 1.165) is 6.54 Å². The van der Waals surface area contributed by atoms with E-state index in [2.05, 4.69) is 9.73 Å². The molecule has 0 heterocycles. The lowest BCUT2D eigenvalue weighted by Crippen LogP contribution is -1.99. The molecule has 0 spiro atoms.